The zero-order valence-corrected chi connectivity index (χ0v) is 12.5. The minimum Gasteiger partial charge on any atom is -0.504 e. The summed E-state index contributed by atoms with van der Waals surface area (Å²) in [7, 11) is 0. The lowest BCUT2D eigenvalue weighted by molar-refractivity contribution is 0.403. The number of rotatable bonds is 2. The van der Waals surface area contributed by atoms with Gasteiger partial charge >= 0.3 is 0 Å². The molecule has 0 aliphatic rings. The van der Waals surface area contributed by atoms with Crippen molar-refractivity contribution in [3.8, 4) is 11.5 Å². The summed E-state index contributed by atoms with van der Waals surface area (Å²) >= 11 is 14.9. The number of aliphatic imine (C=N–C) groups is 1. The Bertz CT molecular complexity index is 639. The SMILES string of the molecule is Oc1cc(Br)cc(C=Nc2cc(Cl)cc(Cl)c2)c1O. The molecule has 3 nitrogen and oxygen atoms in total. The molecular formula is C13H8BrCl2NO2. The second-order valence-corrected chi connectivity index (χ2v) is 5.54. The predicted molar refractivity (Wildman–Crippen MR) is 81.2 cm³/mol. The highest BCUT2D eigenvalue weighted by Gasteiger charge is 2.06. The van der Waals surface area contributed by atoms with Crippen LogP contribution in [0.3, 0.4) is 0 Å². The van der Waals surface area contributed by atoms with E-state index in [1.165, 1.54) is 12.3 Å². The molecular weight excluding hydrogens is 353 g/mol. The maximum absolute atomic E-state index is 9.69. The summed E-state index contributed by atoms with van der Waals surface area (Å²) < 4.78 is 0.633. The van der Waals surface area contributed by atoms with Crippen LogP contribution in [0.1, 0.15) is 5.56 Å². The van der Waals surface area contributed by atoms with Gasteiger partial charge in [-0.1, -0.05) is 39.1 Å². The molecule has 0 saturated heterocycles. The number of nitrogens with zero attached hydrogens (tertiary/aromatic N) is 1. The third kappa shape index (κ3) is 3.62. The number of halogens is 3. The van der Waals surface area contributed by atoms with E-state index in [2.05, 4.69) is 20.9 Å². The van der Waals surface area contributed by atoms with Gasteiger partial charge in [0.05, 0.1) is 5.69 Å². The van der Waals surface area contributed by atoms with E-state index in [0.29, 0.717) is 25.8 Å². The molecule has 19 heavy (non-hydrogen) atoms. The standard InChI is InChI=1S/C13H8BrCl2NO2/c14-8-1-7(13(19)12(18)2-8)6-17-11-4-9(15)3-10(16)5-11/h1-6,18-19H. The first-order valence-corrected chi connectivity index (χ1v) is 6.72. The maximum atomic E-state index is 9.69. The normalized spacial score (nSPS) is 11.1. The fourth-order valence-corrected chi connectivity index (χ4v) is 2.44. The van der Waals surface area contributed by atoms with Gasteiger partial charge < -0.3 is 10.2 Å². The second kappa shape index (κ2) is 5.82. The van der Waals surface area contributed by atoms with Crippen LogP contribution in [0.25, 0.3) is 0 Å². The third-order valence-corrected chi connectivity index (χ3v) is 3.18. The number of benzene rings is 2. The molecule has 0 bridgehead atoms. The van der Waals surface area contributed by atoms with E-state index in [1.54, 1.807) is 24.3 Å². The summed E-state index contributed by atoms with van der Waals surface area (Å²) in [6.07, 6.45) is 1.42. The first-order valence-electron chi connectivity index (χ1n) is 5.17. The van der Waals surface area contributed by atoms with Crippen LogP contribution in [0.15, 0.2) is 39.8 Å². The van der Waals surface area contributed by atoms with Gasteiger partial charge in [-0.2, -0.15) is 0 Å². The molecule has 2 aromatic carbocycles. The van der Waals surface area contributed by atoms with Gasteiger partial charge in [-0.25, -0.2) is 0 Å². The van der Waals surface area contributed by atoms with E-state index in [1.807, 2.05) is 0 Å². The monoisotopic (exact) mass is 359 g/mol. The molecule has 0 amide bonds. The molecule has 0 spiro atoms. The average Bonchev–Trinajstić information content (AvgIpc) is 2.30. The van der Waals surface area contributed by atoms with Gasteiger partial charge in [-0.3, -0.25) is 4.99 Å². The first-order chi connectivity index (χ1) is 8.95. The van der Waals surface area contributed by atoms with E-state index in [4.69, 9.17) is 23.2 Å². The van der Waals surface area contributed by atoms with E-state index in [-0.39, 0.29) is 11.5 Å². The minimum absolute atomic E-state index is 0.222. The molecule has 2 rings (SSSR count). The third-order valence-electron chi connectivity index (χ3n) is 2.28. The summed E-state index contributed by atoms with van der Waals surface area (Å²) in [5.41, 5.74) is 0.930. The number of hydrogen-bond acceptors (Lipinski definition) is 3. The van der Waals surface area contributed by atoms with Crippen LogP contribution in [0.2, 0.25) is 10.0 Å². The van der Waals surface area contributed by atoms with Crippen LogP contribution in [0, 0.1) is 0 Å². The van der Waals surface area contributed by atoms with Gasteiger partial charge in [-0.05, 0) is 30.3 Å². The lowest BCUT2D eigenvalue weighted by Crippen LogP contribution is -1.83. The molecule has 0 heterocycles. The van der Waals surface area contributed by atoms with Gasteiger partial charge in [0.2, 0.25) is 0 Å². The van der Waals surface area contributed by atoms with E-state index in [9.17, 15) is 10.2 Å². The lowest BCUT2D eigenvalue weighted by Gasteiger charge is -2.03. The zero-order chi connectivity index (χ0) is 14.0. The number of aromatic hydroxyl groups is 2. The highest BCUT2D eigenvalue weighted by molar-refractivity contribution is 9.10. The Labute approximate surface area is 128 Å². The molecule has 2 aromatic rings. The van der Waals surface area contributed by atoms with Crippen molar-refractivity contribution in [1.82, 2.24) is 0 Å². The Morgan fingerprint density at radius 2 is 1.63 bits per heavy atom. The first kappa shape index (κ1) is 14.2. The largest absolute Gasteiger partial charge is 0.504 e. The zero-order valence-electron chi connectivity index (χ0n) is 9.44. The van der Waals surface area contributed by atoms with Crippen molar-refractivity contribution in [1.29, 1.82) is 0 Å². The molecule has 98 valence electrons. The van der Waals surface area contributed by atoms with Crippen molar-refractivity contribution in [3.63, 3.8) is 0 Å². The van der Waals surface area contributed by atoms with Crippen molar-refractivity contribution in [2.75, 3.05) is 0 Å². The fraction of sp³-hybridized carbons (Fsp3) is 0. The van der Waals surface area contributed by atoms with Gasteiger partial charge in [0.1, 0.15) is 0 Å². The van der Waals surface area contributed by atoms with Gasteiger partial charge in [0, 0.05) is 26.3 Å². The smallest absolute Gasteiger partial charge is 0.166 e. The van der Waals surface area contributed by atoms with Gasteiger partial charge in [0.15, 0.2) is 11.5 Å². The van der Waals surface area contributed by atoms with Crippen molar-refractivity contribution in [2.45, 2.75) is 0 Å². The summed E-state index contributed by atoms with van der Waals surface area (Å²) in [4.78, 5) is 4.16. The highest BCUT2D eigenvalue weighted by atomic mass is 79.9. The van der Waals surface area contributed by atoms with Crippen molar-refractivity contribution >= 4 is 51.0 Å². The molecule has 6 heteroatoms. The van der Waals surface area contributed by atoms with Crippen molar-refractivity contribution < 1.29 is 10.2 Å². The Hall–Kier alpha value is -1.23. The van der Waals surface area contributed by atoms with Crippen LogP contribution in [-0.4, -0.2) is 16.4 Å². The topological polar surface area (TPSA) is 52.8 Å². The summed E-state index contributed by atoms with van der Waals surface area (Å²) in [5.74, 6) is -0.458. The number of phenolic OH excluding ortho intramolecular Hbond substituents is 2. The molecule has 0 radical (unpaired) electrons. The van der Waals surface area contributed by atoms with Gasteiger partial charge in [-0.15, -0.1) is 0 Å². The van der Waals surface area contributed by atoms with E-state index >= 15 is 0 Å². The quantitative estimate of drug-likeness (QED) is 0.590. The van der Waals surface area contributed by atoms with Crippen molar-refractivity contribution in [3.05, 3.63) is 50.4 Å². The van der Waals surface area contributed by atoms with E-state index < -0.39 is 0 Å². The van der Waals surface area contributed by atoms with Crippen LogP contribution in [-0.2, 0) is 0 Å². The summed E-state index contributed by atoms with van der Waals surface area (Å²) in [6.45, 7) is 0. The summed E-state index contributed by atoms with van der Waals surface area (Å²) in [6, 6.07) is 7.90. The minimum atomic E-state index is -0.236. The average molecular weight is 361 g/mol. The van der Waals surface area contributed by atoms with Crippen LogP contribution < -0.4 is 0 Å². The molecule has 0 unspecified atom stereocenters. The molecule has 2 N–H and O–H groups in total. The second-order valence-electron chi connectivity index (χ2n) is 3.75. The molecule has 0 fully saturated rings. The Morgan fingerprint density at radius 3 is 2.26 bits per heavy atom. The van der Waals surface area contributed by atoms with Crippen LogP contribution >= 0.6 is 39.1 Å². The Morgan fingerprint density at radius 1 is 1.00 bits per heavy atom. The van der Waals surface area contributed by atoms with E-state index in [0.717, 1.165) is 0 Å². The lowest BCUT2D eigenvalue weighted by atomic mass is 10.2. The Balaban J connectivity index is 2.37. The number of hydrogen-bond donors (Lipinski definition) is 2. The highest BCUT2D eigenvalue weighted by Crippen LogP contribution is 2.32. The summed E-state index contributed by atoms with van der Waals surface area (Å²) in [5, 5.41) is 20.1. The molecule has 0 aliphatic heterocycles. The maximum Gasteiger partial charge on any atom is 0.166 e. The van der Waals surface area contributed by atoms with Crippen molar-refractivity contribution in [2.24, 2.45) is 4.99 Å². The fourth-order valence-electron chi connectivity index (χ4n) is 1.46. The number of phenols is 2. The Kier molecular flexibility index (Phi) is 4.34. The molecule has 0 aromatic heterocycles. The molecule has 0 saturated carbocycles. The predicted octanol–water partition coefficient (Wildman–Crippen LogP) is 4.92. The van der Waals surface area contributed by atoms with Gasteiger partial charge in [0.25, 0.3) is 0 Å². The molecule has 0 atom stereocenters. The van der Waals surface area contributed by atoms with Crippen LogP contribution in [0.4, 0.5) is 5.69 Å². The molecule has 0 aliphatic carbocycles. The van der Waals surface area contributed by atoms with Crippen LogP contribution in [0.5, 0.6) is 11.5 Å².